The molecule has 0 unspecified atom stereocenters. The monoisotopic (exact) mass is 308 g/mol. The van der Waals surface area contributed by atoms with E-state index in [1.807, 2.05) is 0 Å². The van der Waals surface area contributed by atoms with Gasteiger partial charge in [-0.1, -0.05) is 0 Å². The van der Waals surface area contributed by atoms with Gasteiger partial charge in [-0.3, -0.25) is 10.7 Å². The van der Waals surface area contributed by atoms with Crippen molar-refractivity contribution in [1.82, 2.24) is 5.32 Å². The molecule has 2 N–H and O–H groups in total. The molecule has 22 heavy (non-hydrogen) atoms. The van der Waals surface area contributed by atoms with Crippen LogP contribution in [-0.2, 0) is 9.47 Å². The summed E-state index contributed by atoms with van der Waals surface area (Å²) in [6.07, 6.45) is 8.83. The standard InChI is InChI=1S/C17H28N2O3/c1-17(2,3)22-16(20)19-10-8-15(18)21-11-9-14(12-4-5-12)13-6-7-13/h8,10,12-14,18H,4-7,9,11H2,1-3H3,(H,19,20)/b10-8-,18-15?. The predicted molar refractivity (Wildman–Crippen MR) is 85.7 cm³/mol. The lowest BCUT2D eigenvalue weighted by molar-refractivity contribution is 0.0552. The second-order valence-electron chi connectivity index (χ2n) is 7.32. The van der Waals surface area contributed by atoms with Crippen molar-refractivity contribution in [1.29, 1.82) is 5.41 Å². The third-order valence-corrected chi connectivity index (χ3v) is 4.00. The van der Waals surface area contributed by atoms with E-state index in [4.69, 9.17) is 14.9 Å². The van der Waals surface area contributed by atoms with Gasteiger partial charge in [-0.25, -0.2) is 4.79 Å². The fraction of sp³-hybridized carbons (Fsp3) is 0.765. The molecular formula is C17H28N2O3. The Morgan fingerprint density at radius 3 is 2.36 bits per heavy atom. The highest BCUT2D eigenvalue weighted by molar-refractivity contribution is 5.85. The largest absolute Gasteiger partial charge is 0.478 e. The first kappa shape index (κ1) is 16.8. The van der Waals surface area contributed by atoms with Crippen molar-refractivity contribution in [3.63, 3.8) is 0 Å². The molecule has 5 nitrogen and oxygen atoms in total. The zero-order chi connectivity index (χ0) is 16.2. The molecule has 0 aliphatic heterocycles. The van der Waals surface area contributed by atoms with Gasteiger partial charge in [0, 0.05) is 12.3 Å². The van der Waals surface area contributed by atoms with Crippen molar-refractivity contribution in [2.75, 3.05) is 6.61 Å². The number of hydrogen-bond donors (Lipinski definition) is 2. The molecule has 5 heteroatoms. The summed E-state index contributed by atoms with van der Waals surface area (Å²) in [6.45, 7) is 6.00. The van der Waals surface area contributed by atoms with E-state index in [0.717, 1.165) is 24.2 Å². The van der Waals surface area contributed by atoms with E-state index in [-0.39, 0.29) is 5.90 Å². The smallest absolute Gasteiger partial charge is 0.411 e. The molecule has 2 fully saturated rings. The number of alkyl carbamates (subject to hydrolysis) is 1. The number of carbonyl (C=O) groups excluding carboxylic acids is 1. The number of hydrogen-bond acceptors (Lipinski definition) is 4. The van der Waals surface area contributed by atoms with Crippen LogP contribution in [-0.4, -0.2) is 24.2 Å². The number of ether oxygens (including phenoxy) is 2. The molecule has 0 heterocycles. The molecule has 0 aromatic carbocycles. The van der Waals surface area contributed by atoms with Gasteiger partial charge in [0.05, 0.1) is 6.61 Å². The molecule has 0 saturated heterocycles. The number of nitrogens with one attached hydrogen (secondary N) is 2. The molecule has 124 valence electrons. The predicted octanol–water partition coefficient (Wildman–Crippen LogP) is 3.84. The normalized spacial score (nSPS) is 18.5. The van der Waals surface area contributed by atoms with Gasteiger partial charge in [-0.05, 0) is 70.6 Å². The van der Waals surface area contributed by atoms with Gasteiger partial charge in [0.1, 0.15) is 5.60 Å². The second kappa shape index (κ2) is 7.16. The first-order chi connectivity index (χ1) is 10.3. The van der Waals surface area contributed by atoms with Crippen molar-refractivity contribution in [3.8, 4) is 0 Å². The summed E-state index contributed by atoms with van der Waals surface area (Å²) in [6, 6.07) is 0. The van der Waals surface area contributed by atoms with Crippen molar-refractivity contribution in [3.05, 3.63) is 12.3 Å². The van der Waals surface area contributed by atoms with E-state index < -0.39 is 11.7 Å². The van der Waals surface area contributed by atoms with E-state index in [9.17, 15) is 4.79 Å². The molecule has 2 aliphatic carbocycles. The molecule has 0 radical (unpaired) electrons. The Bertz CT molecular complexity index is 420. The molecule has 1 amide bonds. The van der Waals surface area contributed by atoms with Crippen LogP contribution < -0.4 is 5.32 Å². The maximum atomic E-state index is 11.4. The van der Waals surface area contributed by atoms with E-state index >= 15 is 0 Å². The fourth-order valence-corrected chi connectivity index (χ4v) is 2.75. The van der Waals surface area contributed by atoms with Crippen LogP contribution in [0.3, 0.4) is 0 Å². The van der Waals surface area contributed by atoms with Crippen molar-refractivity contribution >= 4 is 12.0 Å². The number of carbonyl (C=O) groups is 1. The average Bonchev–Trinajstić information content (AvgIpc) is 3.24. The van der Waals surface area contributed by atoms with Crippen LogP contribution in [0.15, 0.2) is 12.3 Å². The van der Waals surface area contributed by atoms with Crippen molar-refractivity contribution < 1.29 is 14.3 Å². The Morgan fingerprint density at radius 2 is 1.86 bits per heavy atom. The molecule has 2 aliphatic rings. The molecule has 0 spiro atoms. The molecule has 0 aromatic heterocycles. The van der Waals surface area contributed by atoms with Gasteiger partial charge in [0.2, 0.25) is 5.90 Å². The lowest BCUT2D eigenvalue weighted by Gasteiger charge is -2.18. The van der Waals surface area contributed by atoms with Crippen molar-refractivity contribution in [2.24, 2.45) is 17.8 Å². The van der Waals surface area contributed by atoms with Gasteiger partial charge >= 0.3 is 6.09 Å². The third-order valence-electron chi connectivity index (χ3n) is 4.00. The average molecular weight is 308 g/mol. The second-order valence-corrected chi connectivity index (χ2v) is 7.32. The highest BCUT2D eigenvalue weighted by Crippen LogP contribution is 2.50. The molecule has 0 atom stereocenters. The minimum Gasteiger partial charge on any atom is -0.478 e. The van der Waals surface area contributed by atoms with Gasteiger partial charge in [-0.15, -0.1) is 0 Å². The topological polar surface area (TPSA) is 71.4 Å². The number of rotatable bonds is 7. The van der Waals surface area contributed by atoms with Crippen LogP contribution in [0, 0.1) is 23.2 Å². The first-order valence-corrected chi connectivity index (χ1v) is 8.22. The molecule has 2 saturated carbocycles. The molecule has 2 rings (SSSR count). The van der Waals surface area contributed by atoms with Gasteiger partial charge < -0.3 is 9.47 Å². The van der Waals surface area contributed by atoms with Crippen LogP contribution in [0.1, 0.15) is 52.9 Å². The van der Waals surface area contributed by atoms with Gasteiger partial charge in [-0.2, -0.15) is 0 Å². The minimum absolute atomic E-state index is 0.0707. The summed E-state index contributed by atoms with van der Waals surface area (Å²) in [7, 11) is 0. The van der Waals surface area contributed by atoms with Crippen LogP contribution in [0.25, 0.3) is 0 Å². The first-order valence-electron chi connectivity index (χ1n) is 8.22. The highest BCUT2D eigenvalue weighted by atomic mass is 16.6. The fourth-order valence-electron chi connectivity index (χ4n) is 2.75. The Hall–Kier alpha value is -1.52. The van der Waals surface area contributed by atoms with Gasteiger partial charge in [0.15, 0.2) is 0 Å². The number of amides is 1. The lowest BCUT2D eigenvalue weighted by atomic mass is 9.95. The summed E-state index contributed by atoms with van der Waals surface area (Å²) in [5.41, 5.74) is -0.525. The van der Waals surface area contributed by atoms with E-state index in [2.05, 4.69) is 5.32 Å². The maximum absolute atomic E-state index is 11.4. The Morgan fingerprint density at radius 1 is 1.27 bits per heavy atom. The van der Waals surface area contributed by atoms with Crippen molar-refractivity contribution in [2.45, 2.75) is 58.5 Å². The molecular weight excluding hydrogens is 280 g/mol. The zero-order valence-corrected chi connectivity index (χ0v) is 13.9. The van der Waals surface area contributed by atoms with Crippen LogP contribution >= 0.6 is 0 Å². The zero-order valence-electron chi connectivity index (χ0n) is 13.9. The SMILES string of the molecule is CC(C)(C)OC(=O)N/C=C\C(=N)OCCC(C1CC1)C1CC1. The summed E-state index contributed by atoms with van der Waals surface area (Å²) >= 11 is 0. The Labute approximate surface area is 133 Å². The Kier molecular flexibility index (Phi) is 5.48. The quantitative estimate of drug-likeness (QED) is 0.554. The molecule has 0 bridgehead atoms. The summed E-state index contributed by atoms with van der Waals surface area (Å²) in [5.74, 6) is 2.70. The minimum atomic E-state index is -0.529. The summed E-state index contributed by atoms with van der Waals surface area (Å²) < 4.78 is 10.5. The molecule has 0 aromatic rings. The third kappa shape index (κ3) is 6.50. The Balaban J connectivity index is 1.58. The lowest BCUT2D eigenvalue weighted by Crippen LogP contribution is -2.29. The van der Waals surface area contributed by atoms with Crippen LogP contribution in [0.2, 0.25) is 0 Å². The summed E-state index contributed by atoms with van der Waals surface area (Å²) in [5, 5.41) is 10.2. The van der Waals surface area contributed by atoms with Crippen LogP contribution in [0.4, 0.5) is 4.79 Å². The van der Waals surface area contributed by atoms with E-state index in [0.29, 0.717) is 6.61 Å². The van der Waals surface area contributed by atoms with Crippen LogP contribution in [0.5, 0.6) is 0 Å². The van der Waals surface area contributed by atoms with Gasteiger partial charge in [0.25, 0.3) is 0 Å². The maximum Gasteiger partial charge on any atom is 0.411 e. The summed E-state index contributed by atoms with van der Waals surface area (Å²) in [4.78, 5) is 11.4. The van der Waals surface area contributed by atoms with E-state index in [1.165, 1.54) is 38.0 Å². The highest BCUT2D eigenvalue weighted by Gasteiger charge is 2.40. The van der Waals surface area contributed by atoms with E-state index in [1.54, 1.807) is 20.8 Å².